The van der Waals surface area contributed by atoms with Crippen LogP contribution < -0.4 is 5.32 Å². The number of amides is 3. The lowest BCUT2D eigenvalue weighted by atomic mass is 10.1. The minimum absolute atomic E-state index is 0.157. The van der Waals surface area contributed by atoms with E-state index in [9.17, 15) is 9.59 Å². The molecule has 2 rings (SSSR count). The molecule has 0 aromatic heterocycles. The number of benzene rings is 1. The van der Waals surface area contributed by atoms with Gasteiger partial charge in [0, 0.05) is 0 Å². The second-order valence-corrected chi connectivity index (χ2v) is 4.65. The first-order valence-electron chi connectivity index (χ1n) is 6.56. The first kappa shape index (κ1) is 14.1. The summed E-state index contributed by atoms with van der Waals surface area (Å²) in [7, 11) is 0. The average Bonchev–Trinajstić information content (AvgIpc) is 2.73. The highest BCUT2D eigenvalue weighted by Gasteiger charge is 2.39. The summed E-state index contributed by atoms with van der Waals surface area (Å²) in [6.07, 6.45) is 3.08. The van der Waals surface area contributed by atoms with Crippen molar-refractivity contribution >= 4 is 12.1 Å². The van der Waals surface area contributed by atoms with Gasteiger partial charge in [-0.25, -0.2) is 14.5 Å². The van der Waals surface area contributed by atoms with Crippen LogP contribution in [0, 0.1) is 0 Å². The van der Waals surface area contributed by atoms with Gasteiger partial charge in [0.25, 0.3) is 0 Å². The topological polar surface area (TPSA) is 58.6 Å². The second kappa shape index (κ2) is 6.23. The van der Waals surface area contributed by atoms with Crippen LogP contribution in [0.4, 0.5) is 9.59 Å². The van der Waals surface area contributed by atoms with E-state index < -0.39 is 12.1 Å². The summed E-state index contributed by atoms with van der Waals surface area (Å²) >= 11 is 0. The zero-order valence-electron chi connectivity index (χ0n) is 11.6. The summed E-state index contributed by atoms with van der Waals surface area (Å²) in [4.78, 5) is 24.9. The monoisotopic (exact) mass is 274 g/mol. The van der Waals surface area contributed by atoms with Gasteiger partial charge in [-0.3, -0.25) is 0 Å². The van der Waals surface area contributed by atoms with Crippen molar-refractivity contribution in [2.75, 3.05) is 0 Å². The van der Waals surface area contributed by atoms with Gasteiger partial charge in [0.05, 0.1) is 12.1 Å². The maximum atomic E-state index is 12.0. The summed E-state index contributed by atoms with van der Waals surface area (Å²) in [5, 5.41) is 2.73. The summed E-state index contributed by atoms with van der Waals surface area (Å²) in [6, 6.07) is 8.51. The molecule has 0 radical (unpaired) electrons. The molecule has 0 bridgehead atoms. The fourth-order valence-corrected chi connectivity index (χ4v) is 2.13. The predicted molar refractivity (Wildman–Crippen MR) is 75.1 cm³/mol. The third-order valence-corrected chi connectivity index (χ3v) is 3.24. The number of imide groups is 1. The number of nitrogens with zero attached hydrogens (tertiary/aromatic N) is 1. The number of hydrogen-bond donors (Lipinski definition) is 1. The molecular formula is C15H18N2O3. The van der Waals surface area contributed by atoms with Crippen molar-refractivity contribution in [1.82, 2.24) is 10.2 Å². The van der Waals surface area contributed by atoms with E-state index >= 15 is 0 Å². The number of hydrogen-bond acceptors (Lipinski definition) is 3. The molecule has 1 heterocycles. The first-order valence-corrected chi connectivity index (χ1v) is 6.56. The summed E-state index contributed by atoms with van der Waals surface area (Å²) in [5.74, 6) is 0. The van der Waals surface area contributed by atoms with Gasteiger partial charge in [-0.05, 0) is 19.4 Å². The van der Waals surface area contributed by atoms with Gasteiger partial charge in [-0.2, -0.15) is 0 Å². The highest BCUT2D eigenvalue weighted by Crippen LogP contribution is 2.16. The molecule has 1 saturated heterocycles. The zero-order chi connectivity index (χ0) is 14.5. The molecule has 1 aromatic rings. The summed E-state index contributed by atoms with van der Waals surface area (Å²) in [6.45, 7) is 3.84. The van der Waals surface area contributed by atoms with Crippen LogP contribution in [0.25, 0.3) is 0 Å². The van der Waals surface area contributed by atoms with Crippen LogP contribution in [0.2, 0.25) is 0 Å². The van der Waals surface area contributed by atoms with Crippen molar-refractivity contribution in [3.8, 4) is 0 Å². The smallest absolute Gasteiger partial charge is 0.418 e. The molecule has 0 spiro atoms. The van der Waals surface area contributed by atoms with Gasteiger partial charge in [-0.1, -0.05) is 42.5 Å². The van der Waals surface area contributed by atoms with Gasteiger partial charge in [0.1, 0.15) is 6.61 Å². The van der Waals surface area contributed by atoms with Crippen LogP contribution in [-0.4, -0.2) is 29.1 Å². The number of urea groups is 1. The molecule has 0 aliphatic carbocycles. The molecule has 1 fully saturated rings. The molecule has 0 unspecified atom stereocenters. The number of allylic oxidation sites excluding steroid dienone is 1. The lowest BCUT2D eigenvalue weighted by Crippen LogP contribution is -2.39. The SMILES string of the molecule is C/C=C/[C@@H]1NC(=O)N(C(=O)OCc2ccccc2)[C@@H]1C. The van der Waals surface area contributed by atoms with Crippen LogP contribution in [0.15, 0.2) is 42.5 Å². The molecule has 1 aromatic carbocycles. The average molecular weight is 274 g/mol. The Hall–Kier alpha value is -2.30. The maximum absolute atomic E-state index is 12.0. The quantitative estimate of drug-likeness (QED) is 0.862. The summed E-state index contributed by atoms with van der Waals surface area (Å²) in [5.41, 5.74) is 0.887. The van der Waals surface area contributed by atoms with Crippen molar-refractivity contribution in [1.29, 1.82) is 0 Å². The van der Waals surface area contributed by atoms with Crippen LogP contribution >= 0.6 is 0 Å². The van der Waals surface area contributed by atoms with Crippen molar-refractivity contribution in [3.05, 3.63) is 48.0 Å². The molecule has 5 nitrogen and oxygen atoms in total. The minimum atomic E-state index is -0.620. The highest BCUT2D eigenvalue weighted by atomic mass is 16.6. The summed E-state index contributed by atoms with van der Waals surface area (Å²) < 4.78 is 5.18. The fourth-order valence-electron chi connectivity index (χ4n) is 2.13. The van der Waals surface area contributed by atoms with Crippen molar-refractivity contribution < 1.29 is 14.3 Å². The van der Waals surface area contributed by atoms with E-state index in [0.29, 0.717) is 0 Å². The standard InChI is InChI=1S/C15H18N2O3/c1-3-7-13-11(2)17(14(18)16-13)15(19)20-10-12-8-5-4-6-9-12/h3-9,11,13H,10H2,1-2H3,(H,16,18)/b7-3+/t11-,13+/m1/s1. The fraction of sp³-hybridized carbons (Fsp3) is 0.333. The third-order valence-electron chi connectivity index (χ3n) is 3.24. The Morgan fingerprint density at radius 3 is 2.75 bits per heavy atom. The van der Waals surface area contributed by atoms with E-state index in [2.05, 4.69) is 5.32 Å². The predicted octanol–water partition coefficient (Wildman–Crippen LogP) is 2.68. The van der Waals surface area contributed by atoms with E-state index in [1.165, 1.54) is 0 Å². The Kier molecular flexibility index (Phi) is 4.40. The lowest BCUT2D eigenvalue weighted by Gasteiger charge is -2.19. The molecule has 1 N–H and O–H groups in total. The highest BCUT2D eigenvalue weighted by molar-refractivity contribution is 5.93. The molecule has 1 aliphatic heterocycles. The second-order valence-electron chi connectivity index (χ2n) is 4.65. The molecule has 3 amide bonds. The van der Waals surface area contributed by atoms with Gasteiger partial charge < -0.3 is 10.1 Å². The minimum Gasteiger partial charge on any atom is -0.444 e. The Morgan fingerprint density at radius 2 is 2.10 bits per heavy atom. The largest absolute Gasteiger partial charge is 0.444 e. The van der Waals surface area contributed by atoms with Gasteiger partial charge in [0.2, 0.25) is 0 Å². The van der Waals surface area contributed by atoms with Gasteiger partial charge in [0.15, 0.2) is 0 Å². The molecule has 5 heteroatoms. The van der Waals surface area contributed by atoms with Crippen molar-refractivity contribution in [3.63, 3.8) is 0 Å². The Balaban J connectivity index is 1.97. The molecule has 0 saturated carbocycles. The van der Waals surface area contributed by atoms with E-state index in [4.69, 9.17) is 4.74 Å². The van der Waals surface area contributed by atoms with E-state index in [0.717, 1.165) is 10.5 Å². The van der Waals surface area contributed by atoms with Crippen molar-refractivity contribution in [2.45, 2.75) is 32.5 Å². The maximum Gasteiger partial charge on any atom is 0.418 e. The van der Waals surface area contributed by atoms with Crippen LogP contribution in [0.3, 0.4) is 0 Å². The molecule has 106 valence electrons. The van der Waals surface area contributed by atoms with Crippen LogP contribution in [0.5, 0.6) is 0 Å². The zero-order valence-corrected chi connectivity index (χ0v) is 11.6. The van der Waals surface area contributed by atoms with E-state index in [1.54, 1.807) is 0 Å². The number of carbonyl (C=O) groups is 2. The van der Waals surface area contributed by atoms with E-state index in [1.807, 2.05) is 56.3 Å². The first-order chi connectivity index (χ1) is 9.63. The number of ether oxygens (including phenoxy) is 1. The molecule has 1 aliphatic rings. The molecule has 2 atom stereocenters. The normalized spacial score (nSPS) is 22.1. The Morgan fingerprint density at radius 1 is 1.40 bits per heavy atom. The Bertz CT molecular complexity index is 513. The lowest BCUT2D eigenvalue weighted by molar-refractivity contribution is 0.102. The van der Waals surface area contributed by atoms with Crippen molar-refractivity contribution in [2.24, 2.45) is 0 Å². The van der Waals surface area contributed by atoms with Gasteiger partial charge in [-0.15, -0.1) is 0 Å². The van der Waals surface area contributed by atoms with Gasteiger partial charge >= 0.3 is 12.1 Å². The van der Waals surface area contributed by atoms with Crippen LogP contribution in [-0.2, 0) is 11.3 Å². The van der Waals surface area contributed by atoms with E-state index in [-0.39, 0.29) is 18.7 Å². The molecular weight excluding hydrogens is 256 g/mol. The third kappa shape index (κ3) is 2.99. The molecule has 20 heavy (non-hydrogen) atoms. The van der Waals surface area contributed by atoms with Crippen LogP contribution in [0.1, 0.15) is 19.4 Å². The number of rotatable bonds is 3. The Labute approximate surface area is 118 Å². The number of carbonyl (C=O) groups excluding carboxylic acids is 2. The number of nitrogens with one attached hydrogen (secondary N) is 1.